The Labute approximate surface area is 157 Å². The summed E-state index contributed by atoms with van der Waals surface area (Å²) in [4.78, 5) is 32.4. The lowest BCUT2D eigenvalue weighted by atomic mass is 10.2. The van der Waals surface area contributed by atoms with Gasteiger partial charge in [0.25, 0.3) is 5.56 Å². The lowest BCUT2D eigenvalue weighted by Crippen LogP contribution is -2.25. The summed E-state index contributed by atoms with van der Waals surface area (Å²) < 4.78 is 1.10. The molecule has 1 amide bonds. The minimum atomic E-state index is -0.132. The number of nitrogens with one attached hydrogen (secondary N) is 2. The number of amides is 1. The third-order valence-corrected chi connectivity index (χ3v) is 5.49. The summed E-state index contributed by atoms with van der Waals surface area (Å²) in [5.74, 6) is 0.652. The molecule has 3 rings (SSSR count). The van der Waals surface area contributed by atoms with E-state index in [2.05, 4.69) is 37.3 Å². The van der Waals surface area contributed by atoms with Crippen LogP contribution in [0.15, 0.2) is 45.0 Å². The Kier molecular flexibility index (Phi) is 5.99. The second-order valence-corrected chi connectivity index (χ2v) is 8.24. The van der Waals surface area contributed by atoms with E-state index >= 15 is 0 Å². The van der Waals surface area contributed by atoms with E-state index in [1.807, 2.05) is 24.3 Å². The number of thiophene rings is 1. The van der Waals surface area contributed by atoms with Crippen LogP contribution in [0.3, 0.4) is 0 Å². The molecule has 0 atom stereocenters. The summed E-state index contributed by atoms with van der Waals surface area (Å²) >= 11 is 5.11. The van der Waals surface area contributed by atoms with E-state index in [1.165, 1.54) is 4.88 Å². The largest absolute Gasteiger partial charge is 0.356 e. The standard InChI is InChI=1S/C18H18BrN3O2S/c19-15-9-8-12(25-15)10-11-20-17(23)7-3-6-16-21-14-5-2-1-4-13(14)18(24)22-16/h1-2,4-5,8-9H,3,6-7,10-11H2,(H,20,23)(H,21,22,24). The van der Waals surface area contributed by atoms with Gasteiger partial charge in [-0.05, 0) is 53.0 Å². The number of hydrogen-bond acceptors (Lipinski definition) is 4. The Bertz CT molecular complexity index is 935. The van der Waals surface area contributed by atoms with E-state index in [1.54, 1.807) is 17.4 Å². The van der Waals surface area contributed by atoms with Crippen molar-refractivity contribution in [1.82, 2.24) is 15.3 Å². The second-order valence-electron chi connectivity index (χ2n) is 5.69. The molecule has 0 radical (unpaired) electrons. The Morgan fingerprint density at radius 1 is 1.20 bits per heavy atom. The molecule has 0 unspecified atom stereocenters. The number of halogens is 1. The molecular formula is C18H18BrN3O2S. The van der Waals surface area contributed by atoms with Crippen molar-refractivity contribution in [3.8, 4) is 0 Å². The number of H-pyrrole nitrogens is 1. The fourth-order valence-electron chi connectivity index (χ4n) is 2.57. The second kappa shape index (κ2) is 8.40. The average Bonchev–Trinajstić information content (AvgIpc) is 3.00. The smallest absolute Gasteiger partial charge is 0.258 e. The molecular weight excluding hydrogens is 402 g/mol. The van der Waals surface area contributed by atoms with Crippen LogP contribution in [0, 0.1) is 0 Å². The highest BCUT2D eigenvalue weighted by Crippen LogP contribution is 2.22. The number of aromatic amines is 1. The number of rotatable bonds is 7. The zero-order valence-electron chi connectivity index (χ0n) is 13.5. The molecule has 1 aromatic carbocycles. The first-order chi connectivity index (χ1) is 12.1. The molecule has 0 bridgehead atoms. The van der Waals surface area contributed by atoms with Crippen molar-refractivity contribution in [2.24, 2.45) is 0 Å². The molecule has 0 spiro atoms. The van der Waals surface area contributed by atoms with Gasteiger partial charge in [0.1, 0.15) is 5.82 Å². The first-order valence-electron chi connectivity index (χ1n) is 8.10. The van der Waals surface area contributed by atoms with Gasteiger partial charge in [0, 0.05) is 24.3 Å². The molecule has 2 heterocycles. The van der Waals surface area contributed by atoms with Gasteiger partial charge >= 0.3 is 0 Å². The van der Waals surface area contributed by atoms with Crippen LogP contribution < -0.4 is 10.9 Å². The molecule has 0 aliphatic heterocycles. The van der Waals surface area contributed by atoms with Gasteiger partial charge in [0.2, 0.25) is 5.91 Å². The van der Waals surface area contributed by atoms with Gasteiger partial charge < -0.3 is 10.3 Å². The average molecular weight is 420 g/mol. The van der Waals surface area contributed by atoms with Crippen molar-refractivity contribution in [1.29, 1.82) is 0 Å². The molecule has 130 valence electrons. The van der Waals surface area contributed by atoms with Crippen LogP contribution in [-0.2, 0) is 17.6 Å². The monoisotopic (exact) mass is 419 g/mol. The summed E-state index contributed by atoms with van der Waals surface area (Å²) in [7, 11) is 0. The summed E-state index contributed by atoms with van der Waals surface area (Å²) in [6.07, 6.45) is 2.48. The van der Waals surface area contributed by atoms with Crippen molar-refractivity contribution in [3.63, 3.8) is 0 Å². The first-order valence-corrected chi connectivity index (χ1v) is 9.71. The fraction of sp³-hybridized carbons (Fsp3) is 0.278. The predicted molar refractivity (Wildman–Crippen MR) is 104 cm³/mol. The number of aromatic nitrogens is 2. The highest BCUT2D eigenvalue weighted by molar-refractivity contribution is 9.11. The van der Waals surface area contributed by atoms with Crippen molar-refractivity contribution < 1.29 is 4.79 Å². The number of aryl methyl sites for hydroxylation is 1. The number of hydrogen-bond donors (Lipinski definition) is 2. The van der Waals surface area contributed by atoms with Crippen LogP contribution in [-0.4, -0.2) is 22.4 Å². The topological polar surface area (TPSA) is 74.8 Å². The summed E-state index contributed by atoms with van der Waals surface area (Å²) in [5, 5.41) is 3.51. The van der Waals surface area contributed by atoms with Gasteiger partial charge in [0.15, 0.2) is 0 Å². The highest BCUT2D eigenvalue weighted by atomic mass is 79.9. The molecule has 2 N–H and O–H groups in total. The van der Waals surface area contributed by atoms with E-state index in [-0.39, 0.29) is 11.5 Å². The van der Waals surface area contributed by atoms with Crippen molar-refractivity contribution >= 4 is 44.1 Å². The zero-order chi connectivity index (χ0) is 17.6. The number of fused-ring (bicyclic) bond motifs is 1. The highest BCUT2D eigenvalue weighted by Gasteiger charge is 2.06. The Morgan fingerprint density at radius 2 is 2.04 bits per heavy atom. The summed E-state index contributed by atoms with van der Waals surface area (Å²) in [5.41, 5.74) is 0.556. The van der Waals surface area contributed by atoms with E-state index in [0.717, 1.165) is 10.2 Å². The van der Waals surface area contributed by atoms with Crippen LogP contribution in [0.1, 0.15) is 23.5 Å². The predicted octanol–water partition coefficient (Wildman–Crippen LogP) is 3.43. The molecule has 2 aromatic heterocycles. The quantitative estimate of drug-likeness (QED) is 0.615. The Hall–Kier alpha value is -1.99. The Balaban J connectivity index is 1.44. The van der Waals surface area contributed by atoms with E-state index in [4.69, 9.17) is 0 Å². The first kappa shape index (κ1) is 17.8. The van der Waals surface area contributed by atoms with Crippen LogP contribution in [0.4, 0.5) is 0 Å². The molecule has 25 heavy (non-hydrogen) atoms. The number of nitrogens with zero attached hydrogens (tertiary/aromatic N) is 1. The Morgan fingerprint density at radius 3 is 2.84 bits per heavy atom. The number of carbonyl (C=O) groups is 1. The molecule has 0 aliphatic rings. The van der Waals surface area contributed by atoms with Crippen LogP contribution in [0.5, 0.6) is 0 Å². The van der Waals surface area contributed by atoms with Gasteiger partial charge in [-0.2, -0.15) is 0 Å². The lowest BCUT2D eigenvalue weighted by molar-refractivity contribution is -0.121. The number of benzene rings is 1. The van der Waals surface area contributed by atoms with Crippen molar-refractivity contribution in [2.75, 3.05) is 6.54 Å². The van der Waals surface area contributed by atoms with Crippen LogP contribution >= 0.6 is 27.3 Å². The molecule has 5 nitrogen and oxygen atoms in total. The maximum atomic E-state index is 12.0. The summed E-state index contributed by atoms with van der Waals surface area (Å²) in [6.45, 7) is 0.636. The van der Waals surface area contributed by atoms with Crippen molar-refractivity contribution in [2.45, 2.75) is 25.7 Å². The fourth-order valence-corrected chi connectivity index (χ4v) is 4.05. The maximum absolute atomic E-state index is 12.0. The van der Waals surface area contributed by atoms with Crippen LogP contribution in [0.25, 0.3) is 10.9 Å². The number of carbonyl (C=O) groups excluding carboxylic acids is 1. The van der Waals surface area contributed by atoms with E-state index in [9.17, 15) is 9.59 Å². The van der Waals surface area contributed by atoms with Gasteiger partial charge in [-0.25, -0.2) is 4.98 Å². The van der Waals surface area contributed by atoms with Gasteiger partial charge in [-0.1, -0.05) is 12.1 Å². The molecule has 0 saturated carbocycles. The third-order valence-electron chi connectivity index (χ3n) is 3.80. The van der Waals surface area contributed by atoms with E-state index in [0.29, 0.717) is 42.5 Å². The zero-order valence-corrected chi connectivity index (χ0v) is 16.0. The van der Waals surface area contributed by atoms with Crippen molar-refractivity contribution in [3.05, 3.63) is 61.2 Å². The number of para-hydroxylation sites is 1. The van der Waals surface area contributed by atoms with Gasteiger partial charge in [0.05, 0.1) is 14.7 Å². The van der Waals surface area contributed by atoms with Gasteiger partial charge in [-0.3, -0.25) is 9.59 Å². The maximum Gasteiger partial charge on any atom is 0.258 e. The van der Waals surface area contributed by atoms with E-state index < -0.39 is 0 Å². The van der Waals surface area contributed by atoms with Crippen LogP contribution in [0.2, 0.25) is 0 Å². The third kappa shape index (κ3) is 4.99. The van der Waals surface area contributed by atoms with Gasteiger partial charge in [-0.15, -0.1) is 11.3 Å². The minimum absolute atomic E-state index is 0.0266. The lowest BCUT2D eigenvalue weighted by Gasteiger charge is -2.05. The molecule has 0 aliphatic carbocycles. The normalized spacial score (nSPS) is 10.9. The molecule has 0 saturated heterocycles. The molecule has 0 fully saturated rings. The summed E-state index contributed by atoms with van der Waals surface area (Å²) in [6, 6.07) is 11.3. The molecule has 7 heteroatoms. The SMILES string of the molecule is O=C(CCCc1nc2ccccc2c(=O)[nH]1)NCCc1ccc(Br)s1. The molecule has 3 aromatic rings. The minimum Gasteiger partial charge on any atom is -0.356 e.